The highest BCUT2D eigenvalue weighted by molar-refractivity contribution is 5.87. The van der Waals surface area contributed by atoms with Crippen molar-refractivity contribution in [1.82, 2.24) is 0 Å². The summed E-state index contributed by atoms with van der Waals surface area (Å²) in [7, 11) is 0. The maximum Gasteiger partial charge on any atom is 0.344 e. The zero-order valence-electron chi connectivity index (χ0n) is 14.6. The van der Waals surface area contributed by atoms with E-state index in [1.807, 2.05) is 0 Å². The molecule has 0 saturated carbocycles. The molecule has 9 nitrogen and oxygen atoms in total. The van der Waals surface area contributed by atoms with Crippen LogP contribution in [0.15, 0.2) is 12.7 Å². The zero-order valence-corrected chi connectivity index (χ0v) is 14.6. The lowest BCUT2D eigenvalue weighted by atomic mass is 9.78. The van der Waals surface area contributed by atoms with E-state index in [0.717, 1.165) is 6.08 Å². The molecule has 3 saturated heterocycles. The standard InChI is InChI=1S/C17H20O9/c1-5-7(18)22-6-8(19)23-13-12-10(16(21)26-17(2,3)4)9-11(24-12)14(13)25-15(9)20/h5,9-14H,1,6H2,2-4H3. The van der Waals surface area contributed by atoms with E-state index >= 15 is 0 Å². The molecule has 2 bridgehead atoms. The highest BCUT2D eigenvalue weighted by Gasteiger charge is 2.72. The molecule has 3 rings (SSSR count). The van der Waals surface area contributed by atoms with Crippen LogP contribution >= 0.6 is 0 Å². The molecule has 0 aromatic carbocycles. The van der Waals surface area contributed by atoms with E-state index < -0.39 is 72.3 Å². The van der Waals surface area contributed by atoms with Crippen LogP contribution in [0, 0.1) is 11.8 Å². The number of esters is 4. The molecule has 0 aliphatic carbocycles. The van der Waals surface area contributed by atoms with Crippen LogP contribution in [-0.4, -0.2) is 60.5 Å². The van der Waals surface area contributed by atoms with Crippen molar-refractivity contribution in [3.63, 3.8) is 0 Å². The summed E-state index contributed by atoms with van der Waals surface area (Å²) in [6.45, 7) is 7.72. The number of rotatable bonds is 5. The Bertz CT molecular complexity index is 662. The largest absolute Gasteiger partial charge is 0.460 e. The summed E-state index contributed by atoms with van der Waals surface area (Å²) in [5, 5.41) is 0. The Labute approximate surface area is 149 Å². The van der Waals surface area contributed by atoms with Gasteiger partial charge in [0.05, 0.1) is 0 Å². The maximum atomic E-state index is 12.5. The van der Waals surface area contributed by atoms with Crippen LogP contribution < -0.4 is 0 Å². The molecule has 0 radical (unpaired) electrons. The van der Waals surface area contributed by atoms with Crippen molar-refractivity contribution in [2.75, 3.05) is 6.61 Å². The second-order valence-electron chi connectivity index (χ2n) is 7.32. The van der Waals surface area contributed by atoms with E-state index in [1.54, 1.807) is 20.8 Å². The van der Waals surface area contributed by atoms with E-state index in [-0.39, 0.29) is 0 Å². The van der Waals surface area contributed by atoms with Crippen LogP contribution in [0.3, 0.4) is 0 Å². The number of hydrogen-bond acceptors (Lipinski definition) is 9. The van der Waals surface area contributed by atoms with Gasteiger partial charge in [0.1, 0.15) is 29.6 Å². The predicted octanol–water partition coefficient (Wildman–Crippen LogP) is -0.0921. The van der Waals surface area contributed by atoms with Gasteiger partial charge in [-0.2, -0.15) is 0 Å². The van der Waals surface area contributed by atoms with Crippen molar-refractivity contribution < 1.29 is 42.9 Å². The number of carbonyl (C=O) groups is 4. The first-order chi connectivity index (χ1) is 12.1. The lowest BCUT2D eigenvalue weighted by molar-refractivity contribution is -0.172. The summed E-state index contributed by atoms with van der Waals surface area (Å²) >= 11 is 0. The Morgan fingerprint density at radius 3 is 2.50 bits per heavy atom. The monoisotopic (exact) mass is 368 g/mol. The molecule has 3 heterocycles. The van der Waals surface area contributed by atoms with Crippen LogP contribution in [0.1, 0.15) is 20.8 Å². The molecule has 26 heavy (non-hydrogen) atoms. The zero-order chi connectivity index (χ0) is 19.2. The minimum Gasteiger partial charge on any atom is -0.460 e. The van der Waals surface area contributed by atoms with Gasteiger partial charge < -0.3 is 23.7 Å². The molecule has 3 aliphatic heterocycles. The third-order valence-corrected chi connectivity index (χ3v) is 4.35. The van der Waals surface area contributed by atoms with Crippen LogP contribution in [-0.2, 0) is 42.9 Å². The second kappa shape index (κ2) is 6.39. The van der Waals surface area contributed by atoms with E-state index in [1.165, 1.54) is 0 Å². The van der Waals surface area contributed by atoms with E-state index in [2.05, 4.69) is 11.3 Å². The molecule has 6 unspecified atom stereocenters. The molecule has 9 heteroatoms. The van der Waals surface area contributed by atoms with Crippen molar-refractivity contribution in [3.05, 3.63) is 12.7 Å². The van der Waals surface area contributed by atoms with E-state index in [4.69, 9.17) is 18.9 Å². The molecule has 0 amide bonds. The average molecular weight is 368 g/mol. The normalized spacial score (nSPS) is 34.2. The summed E-state index contributed by atoms with van der Waals surface area (Å²) in [4.78, 5) is 47.6. The van der Waals surface area contributed by atoms with Gasteiger partial charge in [-0.3, -0.25) is 9.59 Å². The summed E-state index contributed by atoms with van der Waals surface area (Å²) in [5.41, 5.74) is -0.744. The lowest BCUT2D eigenvalue weighted by Crippen LogP contribution is -2.49. The third-order valence-electron chi connectivity index (χ3n) is 4.35. The highest BCUT2D eigenvalue weighted by Crippen LogP contribution is 2.51. The first-order valence-corrected chi connectivity index (χ1v) is 8.20. The van der Waals surface area contributed by atoms with Crippen LogP contribution in [0.2, 0.25) is 0 Å². The highest BCUT2D eigenvalue weighted by atomic mass is 16.7. The predicted molar refractivity (Wildman–Crippen MR) is 82.4 cm³/mol. The van der Waals surface area contributed by atoms with E-state index in [9.17, 15) is 19.2 Å². The molecule has 3 fully saturated rings. The van der Waals surface area contributed by atoms with Crippen molar-refractivity contribution in [3.8, 4) is 0 Å². The van der Waals surface area contributed by atoms with Gasteiger partial charge in [0.2, 0.25) is 0 Å². The van der Waals surface area contributed by atoms with Crippen molar-refractivity contribution in [2.24, 2.45) is 11.8 Å². The molecule has 0 spiro atoms. The van der Waals surface area contributed by atoms with Crippen molar-refractivity contribution in [2.45, 2.75) is 50.8 Å². The smallest absolute Gasteiger partial charge is 0.344 e. The summed E-state index contributed by atoms with van der Waals surface area (Å²) < 4.78 is 26.2. The fourth-order valence-corrected chi connectivity index (χ4v) is 3.48. The number of fused-ring (bicyclic) bond motifs is 1. The van der Waals surface area contributed by atoms with Gasteiger partial charge in [-0.15, -0.1) is 0 Å². The van der Waals surface area contributed by atoms with Gasteiger partial charge in [-0.25, -0.2) is 9.59 Å². The lowest BCUT2D eigenvalue weighted by Gasteiger charge is -2.29. The van der Waals surface area contributed by atoms with Gasteiger partial charge in [0.25, 0.3) is 0 Å². The van der Waals surface area contributed by atoms with Gasteiger partial charge in [-0.05, 0) is 20.8 Å². The van der Waals surface area contributed by atoms with Crippen molar-refractivity contribution >= 4 is 23.9 Å². The Morgan fingerprint density at radius 1 is 1.19 bits per heavy atom. The average Bonchev–Trinajstić information content (AvgIpc) is 3.14. The quantitative estimate of drug-likeness (QED) is 0.373. The number of hydrogen-bond donors (Lipinski definition) is 0. The SMILES string of the molecule is C=CC(=O)OCC(=O)OC1C2OC(=O)C3C2OC1C3C(=O)OC(C)(C)C. The molecule has 142 valence electrons. The minimum absolute atomic E-state index is 0.574. The van der Waals surface area contributed by atoms with Crippen LogP contribution in [0.4, 0.5) is 0 Å². The van der Waals surface area contributed by atoms with Gasteiger partial charge in [0, 0.05) is 6.08 Å². The molecular weight excluding hydrogens is 348 g/mol. The first-order valence-electron chi connectivity index (χ1n) is 8.20. The molecular formula is C17H20O9. The fraction of sp³-hybridized carbons (Fsp3) is 0.647. The summed E-state index contributed by atoms with van der Waals surface area (Å²) in [6, 6.07) is 0. The maximum absolute atomic E-state index is 12.5. The third kappa shape index (κ3) is 3.18. The molecule has 0 aromatic heterocycles. The Balaban J connectivity index is 1.72. The second-order valence-corrected chi connectivity index (χ2v) is 7.32. The van der Waals surface area contributed by atoms with Gasteiger partial charge in [-0.1, -0.05) is 6.58 Å². The van der Waals surface area contributed by atoms with Crippen molar-refractivity contribution in [1.29, 1.82) is 0 Å². The minimum atomic E-state index is -0.963. The summed E-state index contributed by atoms with van der Waals surface area (Å²) in [6.07, 6.45) is -2.35. The van der Waals surface area contributed by atoms with Crippen LogP contribution in [0.25, 0.3) is 0 Å². The van der Waals surface area contributed by atoms with Crippen LogP contribution in [0.5, 0.6) is 0 Å². The molecule has 3 aliphatic rings. The molecule has 6 atom stereocenters. The van der Waals surface area contributed by atoms with E-state index in [0.29, 0.717) is 0 Å². The Morgan fingerprint density at radius 2 is 1.88 bits per heavy atom. The number of carbonyl (C=O) groups excluding carboxylic acids is 4. The van der Waals surface area contributed by atoms with Gasteiger partial charge in [0.15, 0.2) is 18.8 Å². The van der Waals surface area contributed by atoms with Gasteiger partial charge >= 0.3 is 23.9 Å². The first kappa shape index (κ1) is 18.4. The molecule has 0 N–H and O–H groups in total. The Hall–Kier alpha value is -2.42. The topological polar surface area (TPSA) is 114 Å². The fourth-order valence-electron chi connectivity index (χ4n) is 3.48. The number of ether oxygens (including phenoxy) is 5. The Kier molecular flexibility index (Phi) is 4.51. The molecule has 0 aromatic rings. The summed E-state index contributed by atoms with van der Waals surface area (Å²) in [5.74, 6) is -4.48.